The average Bonchev–Trinajstić information content (AvgIpc) is 2.30. The normalized spacial score (nSPS) is 21.9. The van der Waals surface area contributed by atoms with Gasteiger partial charge in [0.1, 0.15) is 0 Å². The number of ether oxygens (including phenoxy) is 1. The van der Waals surface area contributed by atoms with Gasteiger partial charge in [-0.25, -0.2) is 0 Å². The van der Waals surface area contributed by atoms with Crippen molar-refractivity contribution >= 4 is 6.08 Å². The Morgan fingerprint density at radius 1 is 1.43 bits per heavy atom. The highest BCUT2D eigenvalue weighted by Crippen LogP contribution is 2.20. The molecule has 1 saturated heterocycles. The molecule has 1 N–H and O–H groups in total. The van der Waals surface area contributed by atoms with E-state index in [1.165, 1.54) is 11.1 Å². The van der Waals surface area contributed by atoms with Crippen molar-refractivity contribution in [2.75, 3.05) is 19.8 Å². The first kappa shape index (κ1) is 9.44. The summed E-state index contributed by atoms with van der Waals surface area (Å²) in [6.45, 7) is 6.31. The lowest BCUT2D eigenvalue weighted by atomic mass is 10.0. The van der Waals surface area contributed by atoms with Gasteiger partial charge in [0.25, 0.3) is 0 Å². The second kappa shape index (κ2) is 4.40. The van der Waals surface area contributed by atoms with Crippen molar-refractivity contribution in [3.8, 4) is 0 Å². The molecule has 0 spiro atoms. The van der Waals surface area contributed by atoms with Crippen LogP contribution in [0.5, 0.6) is 0 Å². The molecule has 0 bridgehead atoms. The quantitative estimate of drug-likeness (QED) is 0.768. The molecular formula is C12H15NO. The number of morpholine rings is 1. The molecule has 0 aromatic heterocycles. The third-order valence-corrected chi connectivity index (χ3v) is 2.51. The van der Waals surface area contributed by atoms with Crippen LogP contribution in [0.3, 0.4) is 0 Å². The van der Waals surface area contributed by atoms with Crippen LogP contribution in [0.4, 0.5) is 0 Å². The Morgan fingerprint density at radius 3 is 3.00 bits per heavy atom. The first-order valence-electron chi connectivity index (χ1n) is 4.94. The topological polar surface area (TPSA) is 21.3 Å². The van der Waals surface area contributed by atoms with Crippen LogP contribution >= 0.6 is 0 Å². The van der Waals surface area contributed by atoms with E-state index in [9.17, 15) is 0 Å². The van der Waals surface area contributed by atoms with E-state index >= 15 is 0 Å². The first-order chi connectivity index (χ1) is 6.92. The minimum Gasteiger partial charge on any atom is -0.378 e. The summed E-state index contributed by atoms with van der Waals surface area (Å²) in [6.07, 6.45) is 1.89. The lowest BCUT2D eigenvalue weighted by Gasteiger charge is -2.25. The highest BCUT2D eigenvalue weighted by Gasteiger charge is 2.16. The minimum absolute atomic E-state index is 0.318. The van der Waals surface area contributed by atoms with E-state index in [0.717, 1.165) is 19.8 Å². The number of hydrogen-bond donors (Lipinski definition) is 1. The fraction of sp³-hybridized carbons (Fsp3) is 0.333. The van der Waals surface area contributed by atoms with Crippen molar-refractivity contribution in [2.45, 2.75) is 6.04 Å². The molecule has 2 rings (SSSR count). The van der Waals surface area contributed by atoms with Gasteiger partial charge < -0.3 is 10.1 Å². The van der Waals surface area contributed by atoms with Gasteiger partial charge in [0.15, 0.2) is 0 Å². The smallest absolute Gasteiger partial charge is 0.0662 e. The Bertz CT molecular complexity index is 316. The summed E-state index contributed by atoms with van der Waals surface area (Å²) in [4.78, 5) is 0. The monoisotopic (exact) mass is 189 g/mol. The van der Waals surface area contributed by atoms with E-state index in [4.69, 9.17) is 4.74 Å². The molecule has 0 radical (unpaired) electrons. The van der Waals surface area contributed by atoms with Crippen molar-refractivity contribution in [2.24, 2.45) is 0 Å². The zero-order chi connectivity index (χ0) is 9.80. The molecule has 0 saturated carbocycles. The summed E-state index contributed by atoms with van der Waals surface area (Å²) in [7, 11) is 0. The second-order valence-corrected chi connectivity index (χ2v) is 3.41. The summed E-state index contributed by atoms with van der Waals surface area (Å²) >= 11 is 0. The van der Waals surface area contributed by atoms with Crippen LogP contribution in [-0.4, -0.2) is 19.8 Å². The van der Waals surface area contributed by atoms with Gasteiger partial charge in [0.05, 0.1) is 19.3 Å². The van der Waals surface area contributed by atoms with Gasteiger partial charge in [-0.15, -0.1) is 0 Å². The van der Waals surface area contributed by atoms with Gasteiger partial charge in [-0.3, -0.25) is 0 Å². The predicted molar refractivity (Wildman–Crippen MR) is 58.1 cm³/mol. The average molecular weight is 189 g/mol. The maximum Gasteiger partial charge on any atom is 0.0662 e. The molecule has 1 aromatic rings. The van der Waals surface area contributed by atoms with E-state index in [1.54, 1.807) is 0 Å². The van der Waals surface area contributed by atoms with Crippen molar-refractivity contribution in [1.29, 1.82) is 0 Å². The van der Waals surface area contributed by atoms with Gasteiger partial charge in [-0.1, -0.05) is 36.9 Å². The Labute approximate surface area is 84.6 Å². The molecule has 74 valence electrons. The third kappa shape index (κ3) is 1.86. The summed E-state index contributed by atoms with van der Waals surface area (Å²) in [5, 5.41) is 3.44. The number of rotatable bonds is 2. The molecule has 0 amide bonds. The van der Waals surface area contributed by atoms with E-state index in [0.29, 0.717) is 6.04 Å². The molecule has 1 aliphatic rings. The number of nitrogens with one attached hydrogen (secondary N) is 1. The molecule has 2 heteroatoms. The lowest BCUT2D eigenvalue weighted by Crippen LogP contribution is -2.34. The van der Waals surface area contributed by atoms with Crippen LogP contribution < -0.4 is 5.32 Å². The summed E-state index contributed by atoms with van der Waals surface area (Å²) in [5.41, 5.74) is 2.47. The summed E-state index contributed by atoms with van der Waals surface area (Å²) in [6, 6.07) is 8.61. The third-order valence-electron chi connectivity index (χ3n) is 2.51. The Hall–Kier alpha value is -1.12. The molecule has 1 heterocycles. The fourth-order valence-electron chi connectivity index (χ4n) is 1.78. The van der Waals surface area contributed by atoms with Crippen molar-refractivity contribution in [3.63, 3.8) is 0 Å². The largest absolute Gasteiger partial charge is 0.378 e. The van der Waals surface area contributed by atoms with E-state index in [1.807, 2.05) is 12.1 Å². The fourth-order valence-corrected chi connectivity index (χ4v) is 1.78. The van der Waals surface area contributed by atoms with Crippen molar-refractivity contribution in [1.82, 2.24) is 5.32 Å². The van der Waals surface area contributed by atoms with E-state index in [2.05, 4.69) is 30.1 Å². The Balaban J connectivity index is 2.24. The van der Waals surface area contributed by atoms with Gasteiger partial charge in [0, 0.05) is 6.54 Å². The summed E-state index contributed by atoms with van der Waals surface area (Å²) in [5.74, 6) is 0. The SMILES string of the molecule is C=Cc1ccccc1C1COCCN1. The van der Waals surface area contributed by atoms with Crippen LogP contribution in [0, 0.1) is 0 Å². The van der Waals surface area contributed by atoms with E-state index < -0.39 is 0 Å². The standard InChI is InChI=1S/C12H15NO/c1-2-10-5-3-4-6-11(10)12-9-14-8-7-13-12/h2-6,12-13H,1,7-9H2. The van der Waals surface area contributed by atoms with Crippen LogP contribution in [0.25, 0.3) is 6.08 Å². The Morgan fingerprint density at radius 2 is 2.29 bits per heavy atom. The van der Waals surface area contributed by atoms with Crippen LogP contribution in [0.2, 0.25) is 0 Å². The van der Waals surface area contributed by atoms with Crippen LogP contribution in [0.1, 0.15) is 17.2 Å². The van der Waals surface area contributed by atoms with Gasteiger partial charge in [0.2, 0.25) is 0 Å². The molecule has 1 fully saturated rings. The number of benzene rings is 1. The molecule has 1 unspecified atom stereocenters. The van der Waals surface area contributed by atoms with Crippen LogP contribution in [-0.2, 0) is 4.74 Å². The number of hydrogen-bond acceptors (Lipinski definition) is 2. The van der Waals surface area contributed by atoms with Gasteiger partial charge >= 0.3 is 0 Å². The van der Waals surface area contributed by atoms with Crippen molar-refractivity contribution in [3.05, 3.63) is 42.0 Å². The summed E-state index contributed by atoms with van der Waals surface area (Å²) < 4.78 is 5.44. The van der Waals surface area contributed by atoms with E-state index in [-0.39, 0.29) is 0 Å². The molecule has 1 atom stereocenters. The van der Waals surface area contributed by atoms with Crippen molar-refractivity contribution < 1.29 is 4.74 Å². The lowest BCUT2D eigenvalue weighted by molar-refractivity contribution is 0.0768. The molecule has 14 heavy (non-hydrogen) atoms. The Kier molecular flexibility index (Phi) is 2.96. The predicted octanol–water partition coefficient (Wildman–Crippen LogP) is 1.99. The highest BCUT2D eigenvalue weighted by atomic mass is 16.5. The molecule has 1 aliphatic heterocycles. The molecular weight excluding hydrogens is 174 g/mol. The molecule has 0 aliphatic carbocycles. The first-order valence-corrected chi connectivity index (χ1v) is 4.94. The maximum atomic E-state index is 5.44. The zero-order valence-corrected chi connectivity index (χ0v) is 8.20. The zero-order valence-electron chi connectivity index (χ0n) is 8.20. The maximum absolute atomic E-state index is 5.44. The second-order valence-electron chi connectivity index (χ2n) is 3.41. The van der Waals surface area contributed by atoms with Crippen LogP contribution in [0.15, 0.2) is 30.8 Å². The van der Waals surface area contributed by atoms with Gasteiger partial charge in [-0.05, 0) is 11.1 Å². The highest BCUT2D eigenvalue weighted by molar-refractivity contribution is 5.52. The molecule has 1 aromatic carbocycles. The molecule has 2 nitrogen and oxygen atoms in total. The van der Waals surface area contributed by atoms with Gasteiger partial charge in [-0.2, -0.15) is 0 Å². The minimum atomic E-state index is 0.318.